The number of hydrogen-bond donors (Lipinski definition) is 1. The molecule has 0 aromatic heterocycles. The van der Waals surface area contributed by atoms with Crippen LogP contribution in [0.4, 0.5) is 5.69 Å². The first-order valence-electron chi connectivity index (χ1n) is 11.2. The fourth-order valence-electron chi connectivity index (χ4n) is 3.53. The van der Waals surface area contributed by atoms with E-state index in [1.165, 1.54) is 4.90 Å². The highest BCUT2D eigenvalue weighted by Crippen LogP contribution is 2.22. The van der Waals surface area contributed by atoms with E-state index in [2.05, 4.69) is 5.32 Å². The van der Waals surface area contributed by atoms with E-state index in [0.717, 1.165) is 27.3 Å². The summed E-state index contributed by atoms with van der Waals surface area (Å²) in [6.45, 7) is 9.54. The van der Waals surface area contributed by atoms with Gasteiger partial charge >= 0.3 is 0 Å². The minimum absolute atomic E-state index is 0.136. The van der Waals surface area contributed by atoms with Crippen LogP contribution in [0, 0.1) is 19.8 Å². The van der Waals surface area contributed by atoms with Gasteiger partial charge in [0.15, 0.2) is 0 Å². The van der Waals surface area contributed by atoms with Gasteiger partial charge in [-0.3, -0.25) is 13.9 Å². The molecule has 9 heteroatoms. The Morgan fingerprint density at radius 2 is 1.56 bits per heavy atom. The van der Waals surface area contributed by atoms with Gasteiger partial charge in [0.2, 0.25) is 21.8 Å². The molecule has 1 atom stereocenters. The molecule has 0 bridgehead atoms. The summed E-state index contributed by atoms with van der Waals surface area (Å²) in [6.07, 6.45) is 1.07. The zero-order valence-corrected chi connectivity index (χ0v) is 22.2. The molecule has 7 nitrogen and oxygen atoms in total. The van der Waals surface area contributed by atoms with Crippen molar-refractivity contribution in [3.63, 3.8) is 0 Å². The molecule has 1 unspecified atom stereocenters. The van der Waals surface area contributed by atoms with E-state index in [1.807, 2.05) is 33.8 Å². The van der Waals surface area contributed by atoms with E-state index in [4.69, 9.17) is 11.6 Å². The normalized spacial score (nSPS) is 12.4. The monoisotopic (exact) mass is 507 g/mol. The van der Waals surface area contributed by atoms with Crippen LogP contribution in [0.5, 0.6) is 0 Å². The number of sulfonamides is 1. The van der Waals surface area contributed by atoms with E-state index in [9.17, 15) is 18.0 Å². The second-order valence-electron chi connectivity index (χ2n) is 9.08. The zero-order valence-electron chi connectivity index (χ0n) is 20.6. The van der Waals surface area contributed by atoms with Crippen LogP contribution in [0.3, 0.4) is 0 Å². The van der Waals surface area contributed by atoms with Crippen LogP contribution in [0.15, 0.2) is 42.5 Å². The fraction of sp³-hybridized carbons (Fsp3) is 0.440. The first kappa shape index (κ1) is 27.7. The number of hydrogen-bond acceptors (Lipinski definition) is 4. The van der Waals surface area contributed by atoms with E-state index < -0.39 is 28.5 Å². The first-order valence-corrected chi connectivity index (χ1v) is 13.4. The molecular weight excluding hydrogens is 474 g/mol. The number of benzene rings is 2. The van der Waals surface area contributed by atoms with Crippen LogP contribution in [0.2, 0.25) is 5.02 Å². The van der Waals surface area contributed by atoms with Gasteiger partial charge < -0.3 is 10.2 Å². The predicted molar refractivity (Wildman–Crippen MR) is 137 cm³/mol. The molecule has 0 aliphatic carbocycles. The van der Waals surface area contributed by atoms with Crippen molar-refractivity contribution in [2.24, 2.45) is 5.92 Å². The van der Waals surface area contributed by atoms with E-state index in [0.29, 0.717) is 17.3 Å². The van der Waals surface area contributed by atoms with Crippen LogP contribution in [-0.4, -0.2) is 50.5 Å². The summed E-state index contributed by atoms with van der Waals surface area (Å²) < 4.78 is 26.4. The van der Waals surface area contributed by atoms with Gasteiger partial charge in [0.05, 0.1) is 11.9 Å². The van der Waals surface area contributed by atoms with Crippen LogP contribution >= 0.6 is 11.6 Å². The first-order chi connectivity index (χ1) is 15.8. The van der Waals surface area contributed by atoms with Gasteiger partial charge in [0.25, 0.3) is 0 Å². The minimum atomic E-state index is -3.76. The number of rotatable bonds is 10. The Hall–Kier alpha value is -2.58. The molecule has 2 rings (SSSR count). The molecule has 0 fully saturated rings. The van der Waals surface area contributed by atoms with Crippen molar-refractivity contribution in [3.8, 4) is 0 Å². The predicted octanol–water partition coefficient (Wildman–Crippen LogP) is 3.91. The smallest absolute Gasteiger partial charge is 0.244 e. The Labute approximate surface area is 208 Å². The largest absolute Gasteiger partial charge is 0.354 e. The van der Waals surface area contributed by atoms with Crippen LogP contribution < -0.4 is 9.62 Å². The van der Waals surface area contributed by atoms with E-state index >= 15 is 0 Å². The van der Waals surface area contributed by atoms with Crippen molar-refractivity contribution in [1.82, 2.24) is 10.2 Å². The van der Waals surface area contributed by atoms with Crippen LogP contribution in [0.25, 0.3) is 0 Å². The Bertz CT molecular complexity index is 1100. The van der Waals surface area contributed by atoms with E-state index in [-0.39, 0.29) is 18.4 Å². The summed E-state index contributed by atoms with van der Waals surface area (Å²) in [5.74, 6) is -0.526. The molecule has 2 amide bonds. The highest BCUT2D eigenvalue weighted by atomic mass is 35.5. The quantitative estimate of drug-likeness (QED) is 0.528. The SMILES string of the molecule is Cc1cc(C)cc(N(CC(=O)N(Cc2ccc(Cl)cc2)C(C)C(=O)NCC(C)C)S(C)(=O)=O)c1. The molecule has 0 saturated heterocycles. The number of halogens is 1. The van der Waals surface area contributed by atoms with Crippen molar-refractivity contribution in [2.75, 3.05) is 23.7 Å². The number of amides is 2. The number of nitrogens with zero attached hydrogens (tertiary/aromatic N) is 2. The number of aryl methyl sites for hydroxylation is 2. The molecule has 0 heterocycles. The van der Waals surface area contributed by atoms with Crippen LogP contribution in [-0.2, 0) is 26.2 Å². The van der Waals surface area contributed by atoms with Crippen molar-refractivity contribution >= 4 is 39.1 Å². The summed E-state index contributed by atoms with van der Waals surface area (Å²) in [6, 6.07) is 11.6. The topological polar surface area (TPSA) is 86.8 Å². The summed E-state index contributed by atoms with van der Waals surface area (Å²) in [5.41, 5.74) is 2.96. The van der Waals surface area contributed by atoms with Crippen molar-refractivity contribution in [2.45, 2.75) is 47.2 Å². The molecule has 0 saturated carbocycles. The van der Waals surface area contributed by atoms with Crippen LogP contribution in [0.1, 0.15) is 37.5 Å². The summed E-state index contributed by atoms with van der Waals surface area (Å²) in [4.78, 5) is 27.7. The number of nitrogens with one attached hydrogen (secondary N) is 1. The van der Waals surface area contributed by atoms with Crippen molar-refractivity contribution in [3.05, 3.63) is 64.2 Å². The number of anilines is 1. The highest BCUT2D eigenvalue weighted by molar-refractivity contribution is 7.92. The van der Waals surface area contributed by atoms with E-state index in [1.54, 1.807) is 43.3 Å². The maximum atomic E-state index is 13.5. The lowest BCUT2D eigenvalue weighted by Gasteiger charge is -2.31. The lowest BCUT2D eigenvalue weighted by molar-refractivity contribution is -0.139. The summed E-state index contributed by atoms with van der Waals surface area (Å²) in [5, 5.41) is 3.41. The molecule has 34 heavy (non-hydrogen) atoms. The van der Waals surface area contributed by atoms with Gasteiger partial charge in [0, 0.05) is 18.1 Å². The summed E-state index contributed by atoms with van der Waals surface area (Å²) >= 11 is 5.99. The molecule has 0 aliphatic heterocycles. The molecular formula is C25H34ClN3O4S. The second-order valence-corrected chi connectivity index (χ2v) is 11.4. The average molecular weight is 508 g/mol. The highest BCUT2D eigenvalue weighted by Gasteiger charge is 2.30. The Balaban J connectivity index is 2.39. The lowest BCUT2D eigenvalue weighted by atomic mass is 10.1. The fourth-order valence-corrected chi connectivity index (χ4v) is 4.49. The lowest BCUT2D eigenvalue weighted by Crippen LogP contribution is -2.51. The number of carbonyl (C=O) groups is 2. The molecule has 2 aromatic carbocycles. The van der Waals surface area contributed by atoms with Gasteiger partial charge in [-0.2, -0.15) is 0 Å². The van der Waals surface area contributed by atoms with Gasteiger partial charge in [-0.1, -0.05) is 43.6 Å². The molecule has 0 radical (unpaired) electrons. The zero-order chi connectivity index (χ0) is 25.6. The Morgan fingerprint density at radius 3 is 2.06 bits per heavy atom. The Morgan fingerprint density at radius 1 is 1.00 bits per heavy atom. The van der Waals surface area contributed by atoms with Crippen molar-refractivity contribution < 1.29 is 18.0 Å². The molecule has 1 N–H and O–H groups in total. The molecule has 0 spiro atoms. The average Bonchev–Trinajstić information content (AvgIpc) is 2.73. The third-order valence-electron chi connectivity index (χ3n) is 5.29. The summed E-state index contributed by atoms with van der Waals surface area (Å²) in [7, 11) is -3.76. The van der Waals surface area contributed by atoms with Gasteiger partial charge in [0.1, 0.15) is 12.6 Å². The maximum Gasteiger partial charge on any atom is 0.244 e. The molecule has 186 valence electrons. The standard InChI is InChI=1S/C25H34ClN3O4S/c1-17(2)14-27-25(31)20(5)28(15-21-7-9-22(26)10-8-21)24(30)16-29(34(6,32)33)23-12-18(3)11-19(4)13-23/h7-13,17,20H,14-16H2,1-6H3,(H,27,31). The molecule has 0 aliphatic rings. The third kappa shape index (κ3) is 8.02. The maximum absolute atomic E-state index is 13.5. The number of carbonyl (C=O) groups excluding carboxylic acids is 2. The Kier molecular flexibility index (Phi) is 9.53. The third-order valence-corrected chi connectivity index (χ3v) is 6.68. The van der Waals surface area contributed by atoms with Gasteiger partial charge in [-0.15, -0.1) is 0 Å². The van der Waals surface area contributed by atoms with Gasteiger partial charge in [-0.05, 0) is 67.6 Å². The van der Waals surface area contributed by atoms with Crippen molar-refractivity contribution in [1.29, 1.82) is 0 Å². The minimum Gasteiger partial charge on any atom is -0.354 e. The molecule has 2 aromatic rings. The second kappa shape index (κ2) is 11.7. The van der Waals surface area contributed by atoms with Gasteiger partial charge in [-0.25, -0.2) is 8.42 Å².